The summed E-state index contributed by atoms with van der Waals surface area (Å²) in [4.78, 5) is 24.0. The van der Waals surface area contributed by atoms with Gasteiger partial charge < -0.3 is 10.6 Å². The molecule has 130 valence electrons. The number of carbonyl (C=O) groups is 2. The minimum absolute atomic E-state index is 0.0172. The number of nitrogens with one attached hydrogen (secondary N) is 2. The number of aryl methyl sites for hydroxylation is 1. The molecular formula is C21H24N2O2. The zero-order valence-electron chi connectivity index (χ0n) is 14.3. The first-order chi connectivity index (χ1) is 12.2. The molecule has 0 bridgehead atoms. The maximum atomic E-state index is 12.1. The molecule has 2 amide bonds. The molecule has 3 rings (SSSR count). The molecular weight excluding hydrogens is 312 g/mol. The average molecular weight is 336 g/mol. The Morgan fingerprint density at radius 1 is 0.960 bits per heavy atom. The van der Waals surface area contributed by atoms with Gasteiger partial charge >= 0.3 is 0 Å². The molecule has 0 fully saturated rings. The monoisotopic (exact) mass is 336 g/mol. The van der Waals surface area contributed by atoms with E-state index in [-0.39, 0.29) is 11.8 Å². The van der Waals surface area contributed by atoms with Gasteiger partial charge in [0.15, 0.2) is 0 Å². The predicted molar refractivity (Wildman–Crippen MR) is 98.5 cm³/mol. The Labute approximate surface area is 148 Å². The minimum Gasteiger partial charge on any atom is -0.355 e. The van der Waals surface area contributed by atoms with Gasteiger partial charge in [-0.2, -0.15) is 0 Å². The third-order valence-corrected chi connectivity index (χ3v) is 4.71. The van der Waals surface area contributed by atoms with Crippen molar-refractivity contribution >= 4 is 11.8 Å². The highest BCUT2D eigenvalue weighted by molar-refractivity contribution is 5.94. The second-order valence-corrected chi connectivity index (χ2v) is 6.46. The zero-order valence-corrected chi connectivity index (χ0v) is 14.3. The van der Waals surface area contributed by atoms with E-state index >= 15 is 0 Å². The normalized spacial score (nSPS) is 15.9. The van der Waals surface area contributed by atoms with Crippen LogP contribution in [-0.4, -0.2) is 24.9 Å². The van der Waals surface area contributed by atoms with Crippen molar-refractivity contribution in [1.29, 1.82) is 0 Å². The van der Waals surface area contributed by atoms with Crippen LogP contribution in [0.3, 0.4) is 0 Å². The molecule has 0 radical (unpaired) electrons. The van der Waals surface area contributed by atoms with Crippen LogP contribution >= 0.6 is 0 Å². The number of carbonyl (C=O) groups excluding carboxylic acids is 2. The van der Waals surface area contributed by atoms with Crippen molar-refractivity contribution in [2.24, 2.45) is 0 Å². The van der Waals surface area contributed by atoms with E-state index in [4.69, 9.17) is 0 Å². The van der Waals surface area contributed by atoms with Crippen LogP contribution in [-0.2, 0) is 11.2 Å². The van der Waals surface area contributed by atoms with E-state index in [1.54, 1.807) is 12.1 Å². The maximum Gasteiger partial charge on any atom is 0.251 e. The smallest absolute Gasteiger partial charge is 0.251 e. The average Bonchev–Trinajstić information content (AvgIpc) is 2.67. The van der Waals surface area contributed by atoms with Crippen LogP contribution in [0, 0.1) is 0 Å². The zero-order chi connectivity index (χ0) is 17.5. The van der Waals surface area contributed by atoms with Crippen molar-refractivity contribution in [3.05, 3.63) is 71.3 Å². The van der Waals surface area contributed by atoms with Crippen molar-refractivity contribution in [2.75, 3.05) is 13.1 Å². The number of rotatable bonds is 6. The summed E-state index contributed by atoms with van der Waals surface area (Å²) in [5, 5.41) is 5.80. The lowest BCUT2D eigenvalue weighted by atomic mass is 9.83. The number of hydrogen-bond acceptors (Lipinski definition) is 2. The second-order valence-electron chi connectivity index (χ2n) is 6.46. The van der Waals surface area contributed by atoms with E-state index in [1.807, 2.05) is 18.2 Å². The number of amides is 2. The number of fused-ring (bicyclic) bond motifs is 1. The fourth-order valence-electron chi connectivity index (χ4n) is 3.37. The highest BCUT2D eigenvalue weighted by Crippen LogP contribution is 2.30. The number of hydrogen-bond donors (Lipinski definition) is 2. The number of benzene rings is 2. The van der Waals surface area contributed by atoms with Crippen LogP contribution in [0.25, 0.3) is 0 Å². The van der Waals surface area contributed by atoms with E-state index < -0.39 is 0 Å². The van der Waals surface area contributed by atoms with Crippen molar-refractivity contribution < 1.29 is 9.59 Å². The van der Waals surface area contributed by atoms with E-state index in [9.17, 15) is 9.59 Å². The summed E-state index contributed by atoms with van der Waals surface area (Å²) in [6, 6.07) is 17.5. The SMILES string of the molecule is O=C(CCNC(=O)c1ccccc1)NCC1CCCc2ccccc21. The van der Waals surface area contributed by atoms with Crippen LogP contribution < -0.4 is 10.6 Å². The molecule has 0 saturated carbocycles. The fourth-order valence-corrected chi connectivity index (χ4v) is 3.37. The maximum absolute atomic E-state index is 12.1. The van der Waals surface area contributed by atoms with Crippen molar-refractivity contribution in [3.63, 3.8) is 0 Å². The molecule has 4 nitrogen and oxygen atoms in total. The molecule has 2 N–H and O–H groups in total. The standard InChI is InChI=1S/C21H24N2O2/c24-20(13-14-22-21(25)17-8-2-1-3-9-17)23-15-18-11-6-10-16-7-4-5-12-19(16)18/h1-5,7-9,12,18H,6,10-11,13-15H2,(H,22,25)(H,23,24). The molecule has 25 heavy (non-hydrogen) atoms. The molecule has 0 aliphatic heterocycles. The fraction of sp³-hybridized carbons (Fsp3) is 0.333. The van der Waals surface area contributed by atoms with Crippen LogP contribution in [0.2, 0.25) is 0 Å². The van der Waals surface area contributed by atoms with Crippen LogP contribution in [0.1, 0.15) is 46.7 Å². The predicted octanol–water partition coefficient (Wildman–Crippen LogP) is 3.04. The molecule has 0 saturated heterocycles. The van der Waals surface area contributed by atoms with Gasteiger partial charge in [0, 0.05) is 31.0 Å². The Bertz CT molecular complexity index is 728. The van der Waals surface area contributed by atoms with Crippen molar-refractivity contribution in [2.45, 2.75) is 31.6 Å². The quantitative estimate of drug-likeness (QED) is 0.852. The van der Waals surface area contributed by atoms with E-state index in [2.05, 4.69) is 34.9 Å². The van der Waals surface area contributed by atoms with Gasteiger partial charge in [-0.05, 0) is 42.5 Å². The Balaban J connectivity index is 1.41. The summed E-state index contributed by atoms with van der Waals surface area (Å²) in [7, 11) is 0. The summed E-state index contributed by atoms with van der Waals surface area (Å²) < 4.78 is 0. The molecule has 4 heteroatoms. The molecule has 1 aliphatic carbocycles. The van der Waals surface area contributed by atoms with Gasteiger partial charge in [-0.3, -0.25) is 9.59 Å². The first-order valence-corrected chi connectivity index (χ1v) is 8.92. The highest BCUT2D eigenvalue weighted by Gasteiger charge is 2.20. The Morgan fingerprint density at radius 2 is 1.72 bits per heavy atom. The largest absolute Gasteiger partial charge is 0.355 e. The Kier molecular flexibility index (Phi) is 5.83. The summed E-state index contributed by atoms with van der Waals surface area (Å²) in [5.74, 6) is 0.235. The minimum atomic E-state index is -0.144. The summed E-state index contributed by atoms with van der Waals surface area (Å²) in [5.41, 5.74) is 3.39. The van der Waals surface area contributed by atoms with Gasteiger partial charge in [0.2, 0.25) is 5.91 Å². The second kappa shape index (κ2) is 8.47. The van der Waals surface area contributed by atoms with Gasteiger partial charge in [-0.25, -0.2) is 0 Å². The topological polar surface area (TPSA) is 58.2 Å². The molecule has 0 aromatic heterocycles. The van der Waals surface area contributed by atoms with Crippen molar-refractivity contribution in [1.82, 2.24) is 10.6 Å². The lowest BCUT2D eigenvalue weighted by molar-refractivity contribution is -0.121. The molecule has 2 aromatic rings. The van der Waals surface area contributed by atoms with Gasteiger partial charge in [-0.15, -0.1) is 0 Å². The highest BCUT2D eigenvalue weighted by atomic mass is 16.2. The third kappa shape index (κ3) is 4.69. The molecule has 1 atom stereocenters. The molecule has 1 aliphatic rings. The van der Waals surface area contributed by atoms with Crippen molar-refractivity contribution in [3.8, 4) is 0 Å². The van der Waals surface area contributed by atoms with E-state index in [0.29, 0.717) is 31.0 Å². The lowest BCUT2D eigenvalue weighted by Gasteiger charge is -2.25. The first-order valence-electron chi connectivity index (χ1n) is 8.92. The first kappa shape index (κ1) is 17.2. The van der Waals surface area contributed by atoms with Gasteiger partial charge in [0.05, 0.1) is 0 Å². The summed E-state index contributed by atoms with van der Waals surface area (Å²) in [6.07, 6.45) is 3.71. The van der Waals surface area contributed by atoms with E-state index in [1.165, 1.54) is 17.5 Å². The molecule has 2 aromatic carbocycles. The summed E-state index contributed by atoms with van der Waals surface area (Å²) in [6.45, 7) is 1.02. The Hall–Kier alpha value is -2.62. The summed E-state index contributed by atoms with van der Waals surface area (Å²) >= 11 is 0. The van der Waals surface area contributed by atoms with Gasteiger partial charge in [0.1, 0.15) is 0 Å². The van der Waals surface area contributed by atoms with Crippen LogP contribution in [0.15, 0.2) is 54.6 Å². The molecule has 0 heterocycles. The molecule has 0 spiro atoms. The van der Waals surface area contributed by atoms with Gasteiger partial charge in [0.25, 0.3) is 5.91 Å². The lowest BCUT2D eigenvalue weighted by Crippen LogP contribution is -2.33. The van der Waals surface area contributed by atoms with Gasteiger partial charge in [-0.1, -0.05) is 42.5 Å². The van der Waals surface area contributed by atoms with Crippen LogP contribution in [0.4, 0.5) is 0 Å². The Morgan fingerprint density at radius 3 is 2.56 bits per heavy atom. The third-order valence-electron chi connectivity index (χ3n) is 4.71. The molecule has 1 unspecified atom stereocenters. The van der Waals surface area contributed by atoms with E-state index in [0.717, 1.165) is 12.8 Å². The van der Waals surface area contributed by atoms with Crippen LogP contribution in [0.5, 0.6) is 0 Å².